The van der Waals surface area contributed by atoms with Gasteiger partial charge in [-0.05, 0) is 6.42 Å². The molecule has 0 aromatic carbocycles. The van der Waals surface area contributed by atoms with Gasteiger partial charge in [-0.15, -0.1) is 0 Å². The van der Waals surface area contributed by atoms with Gasteiger partial charge in [-0.2, -0.15) is 0 Å². The number of methoxy groups -OCH3 is 1. The zero-order valence-corrected chi connectivity index (χ0v) is 10.2. The number of hydrogen-bond donors (Lipinski definition) is 1. The lowest BCUT2D eigenvalue weighted by molar-refractivity contribution is -0.0234. The Balaban J connectivity index is 2.50. The lowest BCUT2D eigenvalue weighted by atomic mass is 9.88. The van der Waals surface area contributed by atoms with Crippen molar-refractivity contribution in [2.24, 2.45) is 5.41 Å². The molecule has 1 N–H and O–H groups in total. The third-order valence-electron chi connectivity index (χ3n) is 2.79. The molecular formula is C9H19O5P. The van der Waals surface area contributed by atoms with E-state index in [4.69, 9.17) is 13.8 Å². The summed E-state index contributed by atoms with van der Waals surface area (Å²) >= 11 is 0. The zero-order chi connectivity index (χ0) is 11.4. The van der Waals surface area contributed by atoms with E-state index in [-0.39, 0.29) is 18.2 Å². The van der Waals surface area contributed by atoms with Crippen LogP contribution in [0, 0.1) is 5.41 Å². The molecule has 0 saturated carbocycles. The SMILES string of the molecule is CCC1(CO)COP(=O)(CCOC)OC1. The Morgan fingerprint density at radius 2 is 2.07 bits per heavy atom. The Bertz CT molecular complexity index is 225. The fourth-order valence-corrected chi connectivity index (χ4v) is 2.97. The first-order valence-corrected chi connectivity index (χ1v) is 6.80. The smallest absolute Gasteiger partial charge is 0.333 e. The van der Waals surface area contributed by atoms with Crippen LogP contribution in [0.5, 0.6) is 0 Å². The van der Waals surface area contributed by atoms with Crippen LogP contribution in [-0.4, -0.2) is 44.8 Å². The fraction of sp³-hybridized carbons (Fsp3) is 1.00. The Hall–Kier alpha value is 0.0700. The number of aliphatic hydroxyl groups excluding tert-OH is 1. The monoisotopic (exact) mass is 238 g/mol. The van der Waals surface area contributed by atoms with Crippen molar-refractivity contribution in [2.75, 3.05) is 39.7 Å². The van der Waals surface area contributed by atoms with Gasteiger partial charge in [-0.25, -0.2) is 0 Å². The molecule has 1 fully saturated rings. The van der Waals surface area contributed by atoms with Crippen molar-refractivity contribution in [3.63, 3.8) is 0 Å². The summed E-state index contributed by atoms with van der Waals surface area (Å²) < 4.78 is 27.3. The first kappa shape index (κ1) is 13.1. The van der Waals surface area contributed by atoms with Gasteiger partial charge in [0, 0.05) is 12.5 Å². The van der Waals surface area contributed by atoms with Crippen molar-refractivity contribution in [3.05, 3.63) is 0 Å². The van der Waals surface area contributed by atoms with E-state index in [9.17, 15) is 9.67 Å². The lowest BCUT2D eigenvalue weighted by Gasteiger charge is -2.37. The predicted octanol–water partition coefficient (Wildman–Crippen LogP) is 1.26. The maximum atomic E-state index is 11.9. The highest BCUT2D eigenvalue weighted by atomic mass is 31.2. The number of rotatable bonds is 5. The summed E-state index contributed by atoms with van der Waals surface area (Å²) in [5.74, 6) is 0. The third-order valence-corrected chi connectivity index (χ3v) is 4.56. The van der Waals surface area contributed by atoms with Gasteiger partial charge < -0.3 is 18.9 Å². The summed E-state index contributed by atoms with van der Waals surface area (Å²) in [6.07, 6.45) is 1.02. The summed E-state index contributed by atoms with van der Waals surface area (Å²) in [7, 11) is -1.43. The molecule has 0 aliphatic carbocycles. The van der Waals surface area contributed by atoms with E-state index in [2.05, 4.69) is 0 Å². The normalized spacial score (nSPS) is 36.7. The average Bonchev–Trinajstić information content (AvgIpc) is 2.29. The molecule has 15 heavy (non-hydrogen) atoms. The van der Waals surface area contributed by atoms with Crippen LogP contribution >= 0.6 is 7.60 Å². The molecule has 0 unspecified atom stereocenters. The molecule has 0 spiro atoms. The number of aliphatic hydroxyl groups is 1. The molecule has 0 atom stereocenters. The summed E-state index contributed by atoms with van der Waals surface area (Å²) in [5.41, 5.74) is -0.388. The Labute approximate surface area is 90.3 Å². The first-order valence-electron chi connectivity index (χ1n) is 5.08. The van der Waals surface area contributed by atoms with Crippen molar-refractivity contribution >= 4 is 7.60 Å². The van der Waals surface area contributed by atoms with Gasteiger partial charge in [-0.3, -0.25) is 4.57 Å². The molecule has 0 aromatic heterocycles. The molecule has 0 aromatic rings. The molecule has 1 rings (SSSR count). The van der Waals surface area contributed by atoms with Crippen LogP contribution in [0.4, 0.5) is 0 Å². The minimum Gasteiger partial charge on any atom is -0.396 e. The van der Waals surface area contributed by atoms with E-state index in [1.54, 1.807) is 7.11 Å². The highest BCUT2D eigenvalue weighted by Gasteiger charge is 2.40. The van der Waals surface area contributed by atoms with E-state index < -0.39 is 7.60 Å². The summed E-state index contributed by atoms with van der Waals surface area (Å²) in [5, 5.41) is 9.21. The van der Waals surface area contributed by atoms with Gasteiger partial charge in [0.25, 0.3) is 0 Å². The second kappa shape index (κ2) is 5.41. The minimum absolute atomic E-state index is 0.00617. The van der Waals surface area contributed by atoms with E-state index in [1.807, 2.05) is 6.92 Å². The maximum absolute atomic E-state index is 11.9. The van der Waals surface area contributed by atoms with Crippen molar-refractivity contribution in [1.82, 2.24) is 0 Å². The molecule has 1 aliphatic rings. The molecule has 0 amide bonds. The summed E-state index contributed by atoms with van der Waals surface area (Å²) in [6, 6.07) is 0. The molecule has 0 bridgehead atoms. The van der Waals surface area contributed by atoms with E-state index in [1.165, 1.54) is 0 Å². The third kappa shape index (κ3) is 3.26. The van der Waals surface area contributed by atoms with Crippen molar-refractivity contribution < 1.29 is 23.5 Å². The highest BCUT2D eigenvalue weighted by Crippen LogP contribution is 2.53. The highest BCUT2D eigenvalue weighted by molar-refractivity contribution is 7.53. The van der Waals surface area contributed by atoms with Gasteiger partial charge in [0.05, 0.1) is 32.6 Å². The van der Waals surface area contributed by atoms with E-state index >= 15 is 0 Å². The van der Waals surface area contributed by atoms with Gasteiger partial charge >= 0.3 is 7.60 Å². The molecule has 1 aliphatic heterocycles. The largest absolute Gasteiger partial charge is 0.396 e. The van der Waals surface area contributed by atoms with Gasteiger partial charge in [0.15, 0.2) is 0 Å². The van der Waals surface area contributed by atoms with Crippen LogP contribution in [0.25, 0.3) is 0 Å². The molecule has 1 saturated heterocycles. The summed E-state index contributed by atoms with van der Waals surface area (Å²) in [6.45, 7) is 2.89. The van der Waals surface area contributed by atoms with E-state index in [0.717, 1.165) is 6.42 Å². The molecule has 6 heteroatoms. The molecular weight excluding hydrogens is 219 g/mol. The number of hydrogen-bond acceptors (Lipinski definition) is 5. The lowest BCUT2D eigenvalue weighted by Crippen LogP contribution is -2.38. The second-order valence-electron chi connectivity index (χ2n) is 3.89. The van der Waals surface area contributed by atoms with Crippen molar-refractivity contribution in [3.8, 4) is 0 Å². The Morgan fingerprint density at radius 3 is 2.47 bits per heavy atom. The van der Waals surface area contributed by atoms with Crippen LogP contribution in [0.3, 0.4) is 0 Å². The first-order chi connectivity index (χ1) is 7.10. The topological polar surface area (TPSA) is 65.0 Å². The van der Waals surface area contributed by atoms with Crippen molar-refractivity contribution in [2.45, 2.75) is 13.3 Å². The standard InChI is InChI=1S/C9H19O5P/c1-3-9(6-10)7-13-15(11,14-8-9)5-4-12-2/h10H,3-8H2,1-2H3. The van der Waals surface area contributed by atoms with Crippen LogP contribution in [-0.2, 0) is 18.3 Å². The molecule has 5 nitrogen and oxygen atoms in total. The predicted molar refractivity (Wildman–Crippen MR) is 56.1 cm³/mol. The van der Waals surface area contributed by atoms with E-state index in [0.29, 0.717) is 19.8 Å². The quantitative estimate of drug-likeness (QED) is 0.730. The Kier molecular flexibility index (Phi) is 4.74. The van der Waals surface area contributed by atoms with Crippen LogP contribution in [0.1, 0.15) is 13.3 Å². The fourth-order valence-electron chi connectivity index (χ4n) is 1.29. The number of ether oxygens (including phenoxy) is 1. The minimum atomic E-state index is -2.97. The Morgan fingerprint density at radius 1 is 1.47 bits per heavy atom. The molecule has 1 heterocycles. The van der Waals surface area contributed by atoms with Crippen LogP contribution in [0.15, 0.2) is 0 Å². The van der Waals surface area contributed by atoms with Crippen LogP contribution < -0.4 is 0 Å². The molecule has 90 valence electrons. The summed E-state index contributed by atoms with van der Waals surface area (Å²) in [4.78, 5) is 0. The van der Waals surface area contributed by atoms with Gasteiger partial charge in [0.1, 0.15) is 0 Å². The van der Waals surface area contributed by atoms with Gasteiger partial charge in [0.2, 0.25) is 0 Å². The van der Waals surface area contributed by atoms with Gasteiger partial charge in [-0.1, -0.05) is 6.92 Å². The van der Waals surface area contributed by atoms with Crippen LogP contribution in [0.2, 0.25) is 0 Å². The maximum Gasteiger partial charge on any atom is 0.333 e. The average molecular weight is 238 g/mol. The zero-order valence-electron chi connectivity index (χ0n) is 9.27. The molecule has 0 radical (unpaired) electrons. The second-order valence-corrected chi connectivity index (χ2v) is 6.07. The van der Waals surface area contributed by atoms with Crippen molar-refractivity contribution in [1.29, 1.82) is 0 Å².